The van der Waals surface area contributed by atoms with E-state index in [-0.39, 0.29) is 18.1 Å². The Morgan fingerprint density at radius 2 is 2.26 bits per heavy atom. The number of primary amides is 1. The zero-order valence-corrected chi connectivity index (χ0v) is 12.7. The summed E-state index contributed by atoms with van der Waals surface area (Å²) < 4.78 is 5.69. The lowest BCUT2D eigenvalue weighted by molar-refractivity contribution is -0.125. The molecule has 0 aromatic rings. The molecule has 0 saturated carbocycles. The molecule has 1 saturated heterocycles. The van der Waals surface area contributed by atoms with Gasteiger partial charge in [0.15, 0.2) is 0 Å². The minimum absolute atomic E-state index is 0.227. The number of rotatable bonds is 7. The van der Waals surface area contributed by atoms with Crippen LogP contribution in [-0.2, 0) is 9.53 Å². The topological polar surface area (TPSA) is 67.6 Å². The standard InChI is InChI=1S/C14H29N3O2/c1-5-19-12-7-6-8-17(9-12)10-14(4,13(15)18)16-11(2)3/h11-12,16H,5-10H2,1-4H3,(H2,15,18). The fraction of sp³-hybridized carbons (Fsp3) is 0.929. The number of nitrogens with one attached hydrogen (secondary N) is 1. The number of amides is 1. The summed E-state index contributed by atoms with van der Waals surface area (Å²) in [5, 5.41) is 3.29. The number of nitrogens with zero attached hydrogens (tertiary/aromatic N) is 1. The molecular weight excluding hydrogens is 242 g/mol. The van der Waals surface area contributed by atoms with Gasteiger partial charge in [0, 0.05) is 25.7 Å². The minimum atomic E-state index is -0.678. The summed E-state index contributed by atoms with van der Waals surface area (Å²) in [6, 6.07) is 0.227. The van der Waals surface area contributed by atoms with E-state index in [1.165, 1.54) is 0 Å². The first-order valence-electron chi connectivity index (χ1n) is 7.29. The highest BCUT2D eigenvalue weighted by atomic mass is 16.5. The van der Waals surface area contributed by atoms with E-state index in [2.05, 4.69) is 10.2 Å². The average molecular weight is 271 g/mol. The molecule has 1 rings (SSSR count). The summed E-state index contributed by atoms with van der Waals surface area (Å²) in [6.07, 6.45) is 2.51. The smallest absolute Gasteiger partial charge is 0.238 e. The Kier molecular flexibility index (Phi) is 6.23. The van der Waals surface area contributed by atoms with Crippen molar-refractivity contribution in [1.29, 1.82) is 0 Å². The number of hydrogen-bond acceptors (Lipinski definition) is 4. The van der Waals surface area contributed by atoms with Crippen molar-refractivity contribution < 1.29 is 9.53 Å². The van der Waals surface area contributed by atoms with E-state index in [1.807, 2.05) is 27.7 Å². The lowest BCUT2D eigenvalue weighted by Crippen LogP contribution is -2.62. The predicted octanol–water partition coefficient (Wildman–Crippen LogP) is 0.729. The molecule has 1 heterocycles. The molecular formula is C14H29N3O2. The molecule has 1 amide bonds. The van der Waals surface area contributed by atoms with Crippen LogP contribution >= 0.6 is 0 Å². The third-order valence-corrected chi connectivity index (χ3v) is 3.56. The maximum atomic E-state index is 11.7. The van der Waals surface area contributed by atoms with Gasteiger partial charge in [-0.2, -0.15) is 0 Å². The molecule has 19 heavy (non-hydrogen) atoms. The van der Waals surface area contributed by atoms with Gasteiger partial charge in [0.05, 0.1) is 6.10 Å². The van der Waals surface area contributed by atoms with Gasteiger partial charge >= 0.3 is 0 Å². The molecule has 0 radical (unpaired) electrons. The van der Waals surface area contributed by atoms with Crippen molar-refractivity contribution in [1.82, 2.24) is 10.2 Å². The number of piperidine rings is 1. The first-order valence-corrected chi connectivity index (χ1v) is 7.29. The summed E-state index contributed by atoms with van der Waals surface area (Å²) in [6.45, 7) is 11.2. The highest BCUT2D eigenvalue weighted by Crippen LogP contribution is 2.16. The summed E-state index contributed by atoms with van der Waals surface area (Å²) in [5.41, 5.74) is 4.89. The van der Waals surface area contributed by atoms with Crippen LogP contribution in [-0.4, -0.2) is 54.7 Å². The Hall–Kier alpha value is -0.650. The van der Waals surface area contributed by atoms with Crippen LogP contribution in [0.25, 0.3) is 0 Å². The van der Waals surface area contributed by atoms with Gasteiger partial charge < -0.3 is 15.8 Å². The van der Waals surface area contributed by atoms with Gasteiger partial charge in [-0.15, -0.1) is 0 Å². The Morgan fingerprint density at radius 1 is 1.58 bits per heavy atom. The third-order valence-electron chi connectivity index (χ3n) is 3.56. The molecule has 1 aliphatic heterocycles. The lowest BCUT2D eigenvalue weighted by Gasteiger charge is -2.39. The lowest BCUT2D eigenvalue weighted by atomic mass is 9.97. The maximum absolute atomic E-state index is 11.7. The second-order valence-electron chi connectivity index (χ2n) is 5.95. The molecule has 0 aromatic carbocycles. The van der Waals surface area contributed by atoms with E-state index in [0.29, 0.717) is 6.54 Å². The average Bonchev–Trinajstić information content (AvgIpc) is 2.28. The molecule has 0 spiro atoms. The summed E-state index contributed by atoms with van der Waals surface area (Å²) in [4.78, 5) is 14.0. The van der Waals surface area contributed by atoms with Crippen LogP contribution in [0.3, 0.4) is 0 Å². The van der Waals surface area contributed by atoms with E-state index in [9.17, 15) is 4.79 Å². The van der Waals surface area contributed by atoms with Crippen LogP contribution in [0.2, 0.25) is 0 Å². The largest absolute Gasteiger partial charge is 0.377 e. The van der Waals surface area contributed by atoms with E-state index < -0.39 is 5.54 Å². The summed E-state index contributed by atoms with van der Waals surface area (Å²) >= 11 is 0. The van der Waals surface area contributed by atoms with Crippen molar-refractivity contribution >= 4 is 5.91 Å². The fourth-order valence-electron chi connectivity index (χ4n) is 2.81. The molecule has 5 nitrogen and oxygen atoms in total. The van der Waals surface area contributed by atoms with Crippen LogP contribution in [0.15, 0.2) is 0 Å². The van der Waals surface area contributed by atoms with E-state index in [4.69, 9.17) is 10.5 Å². The first kappa shape index (κ1) is 16.4. The van der Waals surface area contributed by atoms with Gasteiger partial charge in [0.2, 0.25) is 5.91 Å². The Labute approximate surface area is 116 Å². The first-order chi connectivity index (χ1) is 8.87. The van der Waals surface area contributed by atoms with Crippen LogP contribution < -0.4 is 11.1 Å². The Balaban J connectivity index is 2.61. The van der Waals surface area contributed by atoms with Gasteiger partial charge in [-0.05, 0) is 47.1 Å². The highest BCUT2D eigenvalue weighted by molar-refractivity contribution is 5.84. The zero-order chi connectivity index (χ0) is 14.5. The van der Waals surface area contributed by atoms with E-state index in [1.54, 1.807) is 0 Å². The fourth-order valence-corrected chi connectivity index (χ4v) is 2.81. The molecule has 0 aliphatic carbocycles. The quantitative estimate of drug-likeness (QED) is 0.716. The van der Waals surface area contributed by atoms with Crippen molar-refractivity contribution in [2.45, 2.75) is 58.2 Å². The SMILES string of the molecule is CCOC1CCCN(CC(C)(NC(C)C)C(N)=O)C1. The van der Waals surface area contributed by atoms with Crippen LogP contribution in [0.1, 0.15) is 40.5 Å². The van der Waals surface area contributed by atoms with Gasteiger partial charge in [-0.1, -0.05) is 0 Å². The van der Waals surface area contributed by atoms with Gasteiger partial charge in [-0.3, -0.25) is 9.69 Å². The number of carbonyl (C=O) groups excluding carboxylic acids is 1. The van der Waals surface area contributed by atoms with Gasteiger partial charge in [-0.25, -0.2) is 0 Å². The van der Waals surface area contributed by atoms with Gasteiger partial charge in [0.1, 0.15) is 5.54 Å². The normalized spacial score (nSPS) is 24.4. The van der Waals surface area contributed by atoms with Crippen LogP contribution in [0.4, 0.5) is 0 Å². The van der Waals surface area contributed by atoms with Crippen molar-refractivity contribution in [2.24, 2.45) is 5.73 Å². The van der Waals surface area contributed by atoms with Gasteiger partial charge in [0.25, 0.3) is 0 Å². The molecule has 112 valence electrons. The number of likely N-dealkylation sites (tertiary alicyclic amines) is 1. The van der Waals surface area contributed by atoms with Crippen molar-refractivity contribution in [3.05, 3.63) is 0 Å². The van der Waals surface area contributed by atoms with Crippen LogP contribution in [0, 0.1) is 0 Å². The zero-order valence-electron chi connectivity index (χ0n) is 12.7. The molecule has 0 aromatic heterocycles. The van der Waals surface area contributed by atoms with E-state index >= 15 is 0 Å². The molecule has 0 bridgehead atoms. The predicted molar refractivity (Wildman–Crippen MR) is 77.0 cm³/mol. The molecule has 2 unspecified atom stereocenters. The molecule has 5 heteroatoms. The van der Waals surface area contributed by atoms with E-state index in [0.717, 1.165) is 32.5 Å². The van der Waals surface area contributed by atoms with Crippen LogP contribution in [0.5, 0.6) is 0 Å². The second kappa shape index (κ2) is 7.22. The number of ether oxygens (including phenoxy) is 1. The summed E-state index contributed by atoms with van der Waals surface area (Å²) in [5.74, 6) is -0.292. The number of hydrogen-bond donors (Lipinski definition) is 2. The monoisotopic (exact) mass is 271 g/mol. The Bertz CT molecular complexity index is 294. The molecule has 3 N–H and O–H groups in total. The number of nitrogens with two attached hydrogens (primary N) is 1. The highest BCUT2D eigenvalue weighted by Gasteiger charge is 2.35. The van der Waals surface area contributed by atoms with Crippen molar-refractivity contribution in [3.8, 4) is 0 Å². The molecule has 1 fully saturated rings. The summed E-state index contributed by atoms with van der Waals surface area (Å²) in [7, 11) is 0. The molecule has 1 aliphatic rings. The van der Waals surface area contributed by atoms with Crippen molar-refractivity contribution in [2.75, 3.05) is 26.2 Å². The number of carbonyl (C=O) groups is 1. The molecule has 2 atom stereocenters. The minimum Gasteiger partial charge on any atom is -0.377 e. The maximum Gasteiger partial charge on any atom is 0.238 e. The second-order valence-corrected chi connectivity index (χ2v) is 5.95. The van der Waals surface area contributed by atoms with Crippen molar-refractivity contribution in [3.63, 3.8) is 0 Å². The Morgan fingerprint density at radius 3 is 2.79 bits per heavy atom. The third kappa shape index (κ3) is 5.09.